The SMILES string of the molecule is [Pd+2].c1ccc([B-](c2ccccc2)(c2ccccc2)c2ccccc2)cc1.c1ccc([B-](c2ccccc2)(c2ccccc2)c2ccccc2)cc1. The molecule has 8 aromatic rings. The molecule has 0 aliphatic heterocycles. The molecule has 0 unspecified atom stereocenters. The Morgan fingerprint density at radius 3 is 0.353 bits per heavy atom. The zero-order chi connectivity index (χ0) is 33.9. The van der Waals surface area contributed by atoms with Gasteiger partial charge in [-0.05, 0) is 0 Å². The predicted molar refractivity (Wildman–Crippen MR) is 220 cm³/mol. The van der Waals surface area contributed by atoms with E-state index >= 15 is 0 Å². The van der Waals surface area contributed by atoms with Gasteiger partial charge in [0.25, 0.3) is 0 Å². The molecular formula is C48H40B2Pd. The van der Waals surface area contributed by atoms with E-state index in [1.165, 1.54) is 43.7 Å². The molecule has 248 valence electrons. The van der Waals surface area contributed by atoms with Crippen molar-refractivity contribution in [2.24, 2.45) is 0 Å². The van der Waals surface area contributed by atoms with Gasteiger partial charge in [-0.3, -0.25) is 0 Å². The Balaban J connectivity index is 0.000000172. The summed E-state index contributed by atoms with van der Waals surface area (Å²) in [5, 5.41) is 0. The smallest absolute Gasteiger partial charge is 0.195 e. The molecule has 8 aromatic carbocycles. The molecule has 0 fully saturated rings. The van der Waals surface area contributed by atoms with E-state index in [0.29, 0.717) is 0 Å². The molecule has 0 N–H and O–H groups in total. The Bertz CT molecular complexity index is 1680. The zero-order valence-electron chi connectivity index (χ0n) is 28.6. The van der Waals surface area contributed by atoms with Crippen LogP contribution in [0.15, 0.2) is 243 Å². The van der Waals surface area contributed by atoms with Crippen LogP contribution in [-0.4, -0.2) is 12.3 Å². The van der Waals surface area contributed by atoms with Gasteiger partial charge >= 0.3 is 20.4 Å². The topological polar surface area (TPSA) is 0 Å². The van der Waals surface area contributed by atoms with Crippen LogP contribution in [0.5, 0.6) is 0 Å². The van der Waals surface area contributed by atoms with Gasteiger partial charge in [-0.1, -0.05) is 243 Å². The Hall–Kier alpha value is -5.45. The Kier molecular flexibility index (Phi) is 11.8. The van der Waals surface area contributed by atoms with Gasteiger partial charge in [-0.15, -0.1) is 0 Å². The monoisotopic (exact) mass is 744 g/mol. The fourth-order valence-corrected chi connectivity index (χ4v) is 8.24. The largest absolute Gasteiger partial charge is 2.00 e. The number of hydrogen-bond acceptors (Lipinski definition) is 0. The van der Waals surface area contributed by atoms with Crippen LogP contribution in [0.25, 0.3) is 0 Å². The molecule has 0 heterocycles. The van der Waals surface area contributed by atoms with Crippen LogP contribution < -0.4 is 43.7 Å². The predicted octanol–water partition coefficient (Wildman–Crippen LogP) is 6.13. The van der Waals surface area contributed by atoms with E-state index in [4.69, 9.17) is 0 Å². The van der Waals surface area contributed by atoms with Crippen LogP contribution in [0.1, 0.15) is 0 Å². The average Bonchev–Trinajstić information content (AvgIpc) is 3.22. The summed E-state index contributed by atoms with van der Waals surface area (Å²) < 4.78 is 0. The van der Waals surface area contributed by atoms with Crippen molar-refractivity contribution in [3.63, 3.8) is 0 Å². The molecule has 0 aromatic heterocycles. The molecule has 8 rings (SSSR count). The van der Waals surface area contributed by atoms with Crippen molar-refractivity contribution in [3.8, 4) is 0 Å². The molecule has 0 radical (unpaired) electrons. The maximum atomic E-state index is 2.26. The van der Waals surface area contributed by atoms with E-state index in [1.807, 2.05) is 0 Å². The van der Waals surface area contributed by atoms with Crippen molar-refractivity contribution in [2.45, 2.75) is 0 Å². The van der Waals surface area contributed by atoms with E-state index in [2.05, 4.69) is 243 Å². The van der Waals surface area contributed by atoms with Crippen LogP contribution in [0.2, 0.25) is 0 Å². The summed E-state index contributed by atoms with van der Waals surface area (Å²) in [7, 11) is 0. The van der Waals surface area contributed by atoms with Gasteiger partial charge in [0.15, 0.2) is 0 Å². The number of rotatable bonds is 8. The fourth-order valence-electron chi connectivity index (χ4n) is 8.24. The average molecular weight is 745 g/mol. The standard InChI is InChI=1S/2C24H20B.Pd/c2*1-5-13-21(14-6-1)25(22-15-7-2-8-16-22,23-17-9-3-10-18-23)24-19-11-4-12-20-24;/h2*1-20H;/q2*-1;+2. The minimum atomic E-state index is -1.22. The third-order valence-corrected chi connectivity index (χ3v) is 10.4. The number of hydrogen-bond donors (Lipinski definition) is 0. The van der Waals surface area contributed by atoms with Crippen LogP contribution in [-0.2, 0) is 20.4 Å². The normalized spacial score (nSPS) is 11.0. The molecule has 0 spiro atoms. The van der Waals surface area contributed by atoms with Gasteiger partial charge in [-0.2, -0.15) is 43.7 Å². The van der Waals surface area contributed by atoms with Crippen molar-refractivity contribution in [1.29, 1.82) is 0 Å². The molecule has 0 aliphatic rings. The summed E-state index contributed by atoms with van der Waals surface area (Å²) in [6, 6.07) is 87.1. The zero-order valence-corrected chi connectivity index (χ0v) is 30.1. The van der Waals surface area contributed by atoms with Crippen molar-refractivity contribution in [1.82, 2.24) is 0 Å². The maximum Gasteiger partial charge on any atom is 2.00 e. The first-order valence-electron chi connectivity index (χ1n) is 17.6. The Morgan fingerprint density at radius 1 is 0.157 bits per heavy atom. The van der Waals surface area contributed by atoms with Crippen LogP contribution in [0, 0.1) is 0 Å². The van der Waals surface area contributed by atoms with Gasteiger partial charge < -0.3 is 0 Å². The second-order valence-electron chi connectivity index (χ2n) is 13.0. The quantitative estimate of drug-likeness (QED) is 0.165. The molecule has 0 atom stereocenters. The van der Waals surface area contributed by atoms with Crippen molar-refractivity contribution in [3.05, 3.63) is 243 Å². The number of benzene rings is 8. The molecule has 0 bridgehead atoms. The van der Waals surface area contributed by atoms with Gasteiger partial charge in [0.1, 0.15) is 12.3 Å². The van der Waals surface area contributed by atoms with Crippen LogP contribution >= 0.6 is 0 Å². The minimum absolute atomic E-state index is 0. The summed E-state index contributed by atoms with van der Waals surface area (Å²) in [6.45, 7) is 0. The van der Waals surface area contributed by atoms with Crippen LogP contribution in [0.3, 0.4) is 0 Å². The van der Waals surface area contributed by atoms with Crippen molar-refractivity contribution < 1.29 is 20.4 Å². The van der Waals surface area contributed by atoms with Gasteiger partial charge in [0.05, 0.1) is 0 Å². The van der Waals surface area contributed by atoms with Gasteiger partial charge in [0, 0.05) is 0 Å². The first-order valence-corrected chi connectivity index (χ1v) is 17.6. The Labute approximate surface area is 317 Å². The molecule has 0 saturated heterocycles. The molecule has 0 saturated carbocycles. The third kappa shape index (κ3) is 7.11. The van der Waals surface area contributed by atoms with E-state index in [1.54, 1.807) is 0 Å². The maximum absolute atomic E-state index is 2.26. The van der Waals surface area contributed by atoms with E-state index in [9.17, 15) is 0 Å². The summed E-state index contributed by atoms with van der Waals surface area (Å²) >= 11 is 0. The van der Waals surface area contributed by atoms with E-state index in [-0.39, 0.29) is 20.4 Å². The Morgan fingerprint density at radius 2 is 0.255 bits per heavy atom. The molecular weight excluding hydrogens is 705 g/mol. The second kappa shape index (κ2) is 17.0. The van der Waals surface area contributed by atoms with Crippen molar-refractivity contribution in [2.75, 3.05) is 0 Å². The van der Waals surface area contributed by atoms with E-state index < -0.39 is 12.3 Å². The third-order valence-electron chi connectivity index (χ3n) is 10.4. The molecule has 0 aliphatic carbocycles. The molecule has 0 nitrogen and oxygen atoms in total. The van der Waals surface area contributed by atoms with Crippen molar-refractivity contribution >= 4 is 56.0 Å². The summed E-state index contributed by atoms with van der Waals surface area (Å²) in [5.41, 5.74) is 10.7. The minimum Gasteiger partial charge on any atom is -0.195 e. The fraction of sp³-hybridized carbons (Fsp3) is 0. The van der Waals surface area contributed by atoms with Gasteiger partial charge in [0.2, 0.25) is 0 Å². The summed E-state index contributed by atoms with van der Waals surface area (Å²) in [4.78, 5) is 0. The molecule has 3 heteroatoms. The van der Waals surface area contributed by atoms with Gasteiger partial charge in [-0.25, -0.2) is 0 Å². The first kappa shape index (κ1) is 35.4. The van der Waals surface area contributed by atoms with E-state index in [0.717, 1.165) is 0 Å². The van der Waals surface area contributed by atoms with Crippen LogP contribution in [0.4, 0.5) is 0 Å². The summed E-state index contributed by atoms with van der Waals surface area (Å²) in [6.07, 6.45) is -2.43. The summed E-state index contributed by atoms with van der Waals surface area (Å²) in [5.74, 6) is 0. The molecule has 51 heavy (non-hydrogen) atoms. The first-order chi connectivity index (χ1) is 24.8. The molecule has 0 amide bonds. The second-order valence-corrected chi connectivity index (χ2v) is 13.0.